The molecule has 7 nitrogen and oxygen atoms in total. The molecule has 0 aliphatic heterocycles. The molecular formula is C24H21F3N6O. The molecule has 2 aromatic carbocycles. The van der Waals surface area contributed by atoms with Gasteiger partial charge in [-0.1, -0.05) is 6.07 Å². The first kappa shape index (κ1) is 21.6. The van der Waals surface area contributed by atoms with E-state index in [2.05, 4.69) is 36.1 Å². The van der Waals surface area contributed by atoms with Gasteiger partial charge in [0.2, 0.25) is 5.95 Å². The van der Waals surface area contributed by atoms with Crippen molar-refractivity contribution in [2.45, 2.75) is 19.2 Å². The minimum Gasteiger partial charge on any atom is -0.406 e. The second kappa shape index (κ2) is 8.62. The highest BCUT2D eigenvalue weighted by Crippen LogP contribution is 2.28. The molecule has 0 atom stereocenters. The molecular weight excluding hydrogens is 445 g/mol. The van der Waals surface area contributed by atoms with Crippen LogP contribution in [-0.2, 0) is 12.8 Å². The van der Waals surface area contributed by atoms with Gasteiger partial charge < -0.3 is 25.8 Å². The molecule has 0 saturated heterocycles. The normalized spacial score (nSPS) is 11.9. The lowest BCUT2D eigenvalue weighted by molar-refractivity contribution is -0.274. The fraction of sp³-hybridized carbons (Fsp3) is 0.167. The average molecular weight is 466 g/mol. The van der Waals surface area contributed by atoms with E-state index in [0.29, 0.717) is 36.5 Å². The Morgan fingerprint density at radius 1 is 1.00 bits per heavy atom. The molecule has 5 aromatic rings. The summed E-state index contributed by atoms with van der Waals surface area (Å²) in [6, 6.07) is 12.4. The van der Waals surface area contributed by atoms with E-state index >= 15 is 0 Å². The van der Waals surface area contributed by atoms with E-state index in [9.17, 15) is 13.2 Å². The van der Waals surface area contributed by atoms with Gasteiger partial charge in [0.15, 0.2) is 0 Å². The zero-order chi connectivity index (χ0) is 23.7. The largest absolute Gasteiger partial charge is 0.573 e. The van der Waals surface area contributed by atoms with E-state index in [1.165, 1.54) is 12.1 Å². The van der Waals surface area contributed by atoms with Crippen molar-refractivity contribution in [3.63, 3.8) is 0 Å². The van der Waals surface area contributed by atoms with Gasteiger partial charge in [-0.15, -0.1) is 13.2 Å². The highest BCUT2D eigenvalue weighted by atomic mass is 19.4. The number of hydrogen-bond acceptors (Lipinski definition) is 5. The zero-order valence-corrected chi connectivity index (χ0v) is 17.9. The summed E-state index contributed by atoms with van der Waals surface area (Å²) >= 11 is 0. The Morgan fingerprint density at radius 3 is 2.68 bits per heavy atom. The van der Waals surface area contributed by atoms with Crippen molar-refractivity contribution in [1.29, 1.82) is 0 Å². The molecule has 3 heterocycles. The van der Waals surface area contributed by atoms with E-state index in [0.717, 1.165) is 33.1 Å². The first-order chi connectivity index (χ1) is 16.3. The molecule has 0 unspecified atom stereocenters. The summed E-state index contributed by atoms with van der Waals surface area (Å²) in [5.41, 5.74) is 10.7. The second-order valence-electron chi connectivity index (χ2n) is 7.93. The van der Waals surface area contributed by atoms with Crippen LogP contribution in [0.25, 0.3) is 21.8 Å². The third-order valence-corrected chi connectivity index (χ3v) is 5.56. The number of ether oxygens (including phenoxy) is 1. The lowest BCUT2D eigenvalue weighted by Crippen LogP contribution is -2.17. The van der Waals surface area contributed by atoms with E-state index in [-0.39, 0.29) is 5.75 Å². The minimum atomic E-state index is -4.73. The van der Waals surface area contributed by atoms with Gasteiger partial charge in [0.05, 0.1) is 0 Å². The molecule has 174 valence electrons. The van der Waals surface area contributed by atoms with Crippen molar-refractivity contribution in [3.05, 3.63) is 77.7 Å². The number of aromatic nitrogens is 4. The smallest absolute Gasteiger partial charge is 0.406 e. The van der Waals surface area contributed by atoms with Crippen LogP contribution in [0.5, 0.6) is 5.75 Å². The Balaban J connectivity index is 1.23. The van der Waals surface area contributed by atoms with Crippen LogP contribution < -0.4 is 15.8 Å². The number of nitrogen functional groups attached to an aromatic ring is 1. The van der Waals surface area contributed by atoms with Crippen molar-refractivity contribution in [1.82, 2.24) is 19.9 Å². The fourth-order valence-electron chi connectivity index (χ4n) is 3.94. The van der Waals surface area contributed by atoms with E-state index in [1.807, 2.05) is 24.4 Å². The molecule has 0 radical (unpaired) electrons. The number of alkyl halides is 3. The van der Waals surface area contributed by atoms with E-state index in [4.69, 9.17) is 5.73 Å². The Labute approximate surface area is 192 Å². The maximum Gasteiger partial charge on any atom is 0.573 e. The van der Waals surface area contributed by atoms with Gasteiger partial charge in [-0.25, -0.2) is 4.98 Å². The topological polar surface area (TPSA) is 105 Å². The highest BCUT2D eigenvalue weighted by molar-refractivity contribution is 5.84. The van der Waals surface area contributed by atoms with Crippen LogP contribution in [0.4, 0.5) is 24.9 Å². The fourth-order valence-corrected chi connectivity index (χ4v) is 3.94. The van der Waals surface area contributed by atoms with Gasteiger partial charge in [0, 0.05) is 53.5 Å². The molecule has 0 aliphatic rings. The Morgan fingerprint density at radius 2 is 1.85 bits per heavy atom. The average Bonchev–Trinajstić information content (AvgIpc) is 3.41. The second-order valence-corrected chi connectivity index (χ2v) is 7.93. The summed E-state index contributed by atoms with van der Waals surface area (Å²) < 4.78 is 41.6. The standard InChI is InChI=1S/C24H21F3N6O/c25-24(26,27)34-18-2-4-21-19(11-18)16(12-31-21)6-8-30-23-32-13-17(22(28)33-23)10-14-1-3-20-15(9-14)5-7-29-20/h1-5,7,9,11-13,29,31H,6,8,10H2,(H3,28,30,32,33). The van der Waals surface area contributed by atoms with Gasteiger partial charge >= 0.3 is 6.36 Å². The van der Waals surface area contributed by atoms with Crippen LogP contribution in [0.15, 0.2) is 61.1 Å². The predicted octanol–water partition coefficient (Wildman–Crippen LogP) is 5.17. The maximum atomic E-state index is 12.5. The van der Waals surface area contributed by atoms with Crippen molar-refractivity contribution in [3.8, 4) is 5.75 Å². The van der Waals surface area contributed by atoms with Gasteiger partial charge in [0.1, 0.15) is 11.6 Å². The van der Waals surface area contributed by atoms with Gasteiger partial charge in [-0.05, 0) is 59.3 Å². The van der Waals surface area contributed by atoms with Crippen LogP contribution in [0.1, 0.15) is 16.7 Å². The SMILES string of the molecule is Nc1nc(NCCc2c[nH]c3ccc(OC(F)(F)F)cc23)ncc1Cc1ccc2[nH]ccc2c1. The van der Waals surface area contributed by atoms with Gasteiger partial charge in [-0.2, -0.15) is 4.98 Å². The molecule has 5 rings (SSSR count). The third-order valence-electron chi connectivity index (χ3n) is 5.56. The molecule has 0 spiro atoms. The number of fused-ring (bicyclic) bond motifs is 2. The molecule has 10 heteroatoms. The number of hydrogen-bond donors (Lipinski definition) is 4. The van der Waals surface area contributed by atoms with Crippen LogP contribution in [0.3, 0.4) is 0 Å². The Hall–Kier alpha value is -4.21. The van der Waals surface area contributed by atoms with Crippen molar-refractivity contribution in [2.24, 2.45) is 0 Å². The molecule has 0 amide bonds. The molecule has 34 heavy (non-hydrogen) atoms. The van der Waals surface area contributed by atoms with Crippen LogP contribution in [0, 0.1) is 0 Å². The van der Waals surface area contributed by atoms with Crippen LogP contribution in [0.2, 0.25) is 0 Å². The summed E-state index contributed by atoms with van der Waals surface area (Å²) in [6.45, 7) is 0.472. The summed E-state index contributed by atoms with van der Waals surface area (Å²) in [5, 5.41) is 4.92. The number of H-pyrrole nitrogens is 2. The summed E-state index contributed by atoms with van der Waals surface area (Å²) in [5.74, 6) is 0.534. The monoisotopic (exact) mass is 466 g/mol. The number of benzene rings is 2. The molecule has 0 aliphatic carbocycles. The molecule has 0 fully saturated rings. The first-order valence-electron chi connectivity index (χ1n) is 10.6. The van der Waals surface area contributed by atoms with Gasteiger partial charge in [0.25, 0.3) is 0 Å². The number of nitrogens with zero attached hydrogens (tertiary/aromatic N) is 2. The van der Waals surface area contributed by atoms with Crippen molar-refractivity contribution < 1.29 is 17.9 Å². The van der Waals surface area contributed by atoms with Crippen LogP contribution >= 0.6 is 0 Å². The van der Waals surface area contributed by atoms with Crippen LogP contribution in [-0.4, -0.2) is 32.8 Å². The molecule has 5 N–H and O–H groups in total. The van der Waals surface area contributed by atoms with Crippen molar-refractivity contribution >= 4 is 33.6 Å². The lowest BCUT2D eigenvalue weighted by Gasteiger charge is -2.10. The summed E-state index contributed by atoms with van der Waals surface area (Å²) in [4.78, 5) is 14.9. The highest BCUT2D eigenvalue weighted by Gasteiger charge is 2.31. The van der Waals surface area contributed by atoms with Gasteiger partial charge in [-0.3, -0.25) is 0 Å². The Kier molecular flexibility index (Phi) is 5.48. The van der Waals surface area contributed by atoms with E-state index < -0.39 is 6.36 Å². The summed E-state index contributed by atoms with van der Waals surface area (Å²) in [7, 11) is 0. The number of halogens is 3. The molecule has 0 bridgehead atoms. The molecule has 3 aromatic heterocycles. The number of anilines is 2. The summed E-state index contributed by atoms with van der Waals surface area (Å²) in [6.07, 6.45) is 1.80. The third kappa shape index (κ3) is 4.75. The van der Waals surface area contributed by atoms with Crippen molar-refractivity contribution in [2.75, 3.05) is 17.6 Å². The lowest BCUT2D eigenvalue weighted by atomic mass is 10.1. The number of nitrogens with two attached hydrogens (primary N) is 1. The minimum absolute atomic E-state index is 0.254. The first-order valence-corrected chi connectivity index (χ1v) is 10.6. The number of nitrogens with one attached hydrogen (secondary N) is 3. The maximum absolute atomic E-state index is 12.5. The number of aromatic amines is 2. The quantitative estimate of drug-likeness (QED) is 0.265. The Bertz CT molecular complexity index is 1460. The predicted molar refractivity (Wildman–Crippen MR) is 125 cm³/mol. The molecule has 0 saturated carbocycles. The zero-order valence-electron chi connectivity index (χ0n) is 17.9. The van der Waals surface area contributed by atoms with E-state index in [1.54, 1.807) is 18.5 Å². The number of rotatable bonds is 7.